The third-order valence-corrected chi connectivity index (χ3v) is 8.06. The number of benzene rings is 3. The van der Waals surface area contributed by atoms with Gasteiger partial charge in [-0.05, 0) is 54.3 Å². The number of morpholine rings is 1. The molecule has 2 N–H and O–H groups in total. The lowest BCUT2D eigenvalue weighted by Gasteiger charge is -2.28. The summed E-state index contributed by atoms with van der Waals surface area (Å²) in [6.07, 6.45) is 0. The molecule has 5 rings (SSSR count). The van der Waals surface area contributed by atoms with E-state index in [1.807, 2.05) is 49.4 Å². The summed E-state index contributed by atoms with van der Waals surface area (Å²) in [5.41, 5.74) is -2.39. The number of carbonyl (C=O) groups excluding carboxylic acids is 1. The van der Waals surface area contributed by atoms with Crippen LogP contribution < -0.4 is 15.5 Å². The summed E-state index contributed by atoms with van der Waals surface area (Å²) in [4.78, 5) is 18.8. The van der Waals surface area contributed by atoms with Crippen LogP contribution in [0.3, 0.4) is 0 Å². The van der Waals surface area contributed by atoms with E-state index in [2.05, 4.69) is 15.5 Å². The first-order valence-electron chi connectivity index (χ1n) is 12.4. The van der Waals surface area contributed by atoms with Gasteiger partial charge in [-0.15, -0.1) is 0 Å². The van der Waals surface area contributed by atoms with Crippen LogP contribution in [0.5, 0.6) is 0 Å². The van der Waals surface area contributed by atoms with E-state index in [4.69, 9.17) is 9.72 Å². The molecule has 0 saturated carbocycles. The minimum Gasteiger partial charge on any atom is -0.378 e. The van der Waals surface area contributed by atoms with Crippen molar-refractivity contribution < 1.29 is 31.1 Å². The number of nitrogens with one attached hydrogen (secondary N) is 2. The normalized spacial score (nSPS) is 14.2. The van der Waals surface area contributed by atoms with Gasteiger partial charge in [0.15, 0.2) is 0 Å². The van der Waals surface area contributed by atoms with Gasteiger partial charge in [-0.2, -0.15) is 13.2 Å². The molecule has 0 radical (unpaired) electrons. The van der Waals surface area contributed by atoms with Gasteiger partial charge in [0.05, 0.1) is 23.8 Å². The molecule has 8 nitrogen and oxygen atoms in total. The molecule has 1 saturated heterocycles. The average molecular weight is 571 g/mol. The standard InChI is InChI=1S/C28H25F3N4O4S/c1-18-21(10-12-26(32-18)35-13-15-39-16-14-35)23-9-11-25(24-8-3-2-7-22(23)24)34-27(36)33-19-5-4-6-20(17-19)40(37,38)28(29,30)31/h2-12,17H,13-16H2,1H3,(H2,33,34,36). The Bertz CT molecular complexity index is 1690. The Hall–Kier alpha value is -4.16. The number of ether oxygens (including phenoxy) is 1. The Balaban J connectivity index is 1.40. The number of sulfone groups is 1. The van der Waals surface area contributed by atoms with Gasteiger partial charge in [-0.3, -0.25) is 0 Å². The Kier molecular flexibility index (Phi) is 7.39. The SMILES string of the molecule is Cc1nc(N2CCOCC2)ccc1-c1ccc(NC(=O)Nc2cccc(S(=O)(=O)C(F)(F)F)c2)c2ccccc12. The highest BCUT2D eigenvalue weighted by molar-refractivity contribution is 7.92. The van der Waals surface area contributed by atoms with Gasteiger partial charge in [0.1, 0.15) is 5.82 Å². The van der Waals surface area contributed by atoms with Gasteiger partial charge in [0.2, 0.25) is 0 Å². The molecule has 208 valence electrons. The molecule has 0 spiro atoms. The van der Waals surface area contributed by atoms with Crippen LogP contribution in [0.25, 0.3) is 21.9 Å². The predicted octanol–water partition coefficient (Wildman–Crippen LogP) is 5.98. The number of hydrogen-bond acceptors (Lipinski definition) is 6. The maximum atomic E-state index is 12.9. The minimum atomic E-state index is -5.55. The number of amides is 2. The summed E-state index contributed by atoms with van der Waals surface area (Å²) < 4.78 is 67.7. The molecule has 1 fully saturated rings. The summed E-state index contributed by atoms with van der Waals surface area (Å²) >= 11 is 0. The largest absolute Gasteiger partial charge is 0.501 e. The van der Waals surface area contributed by atoms with Crippen LogP contribution in [0.2, 0.25) is 0 Å². The molecule has 0 bridgehead atoms. The van der Waals surface area contributed by atoms with Crippen LogP contribution in [0, 0.1) is 6.92 Å². The van der Waals surface area contributed by atoms with Gasteiger partial charge in [0.25, 0.3) is 9.84 Å². The van der Waals surface area contributed by atoms with Crippen molar-refractivity contribution in [2.24, 2.45) is 0 Å². The number of fused-ring (bicyclic) bond motifs is 1. The second-order valence-corrected chi connectivity index (χ2v) is 11.1. The highest BCUT2D eigenvalue weighted by atomic mass is 32.2. The van der Waals surface area contributed by atoms with Gasteiger partial charge in [-0.25, -0.2) is 18.2 Å². The molecule has 1 aliphatic rings. The Morgan fingerprint density at radius 3 is 2.30 bits per heavy atom. The molecule has 1 aromatic heterocycles. The maximum absolute atomic E-state index is 12.9. The number of aromatic nitrogens is 1. The van der Waals surface area contributed by atoms with Crippen molar-refractivity contribution in [3.63, 3.8) is 0 Å². The molecule has 0 atom stereocenters. The first kappa shape index (κ1) is 27.4. The quantitative estimate of drug-likeness (QED) is 0.306. The van der Waals surface area contributed by atoms with E-state index in [1.165, 1.54) is 6.07 Å². The smallest absolute Gasteiger partial charge is 0.378 e. The third kappa shape index (κ3) is 5.45. The third-order valence-electron chi connectivity index (χ3n) is 6.58. The molecular formula is C28H25F3N4O4S. The van der Waals surface area contributed by atoms with Crippen LogP contribution in [0.15, 0.2) is 77.7 Å². The van der Waals surface area contributed by atoms with Crippen LogP contribution in [-0.2, 0) is 14.6 Å². The van der Waals surface area contributed by atoms with Crippen molar-refractivity contribution in [3.8, 4) is 11.1 Å². The Labute approximate surface area is 228 Å². The summed E-state index contributed by atoms with van der Waals surface area (Å²) in [5, 5.41) is 6.72. The molecule has 2 heterocycles. The van der Waals surface area contributed by atoms with Crippen molar-refractivity contribution >= 4 is 43.8 Å². The van der Waals surface area contributed by atoms with Crippen molar-refractivity contribution in [2.45, 2.75) is 17.3 Å². The van der Waals surface area contributed by atoms with Gasteiger partial charge >= 0.3 is 11.5 Å². The topological polar surface area (TPSA) is 101 Å². The van der Waals surface area contributed by atoms with E-state index in [0.717, 1.165) is 64.7 Å². The number of aryl methyl sites for hydroxylation is 1. The van der Waals surface area contributed by atoms with Crippen molar-refractivity contribution in [3.05, 3.63) is 78.5 Å². The first-order valence-corrected chi connectivity index (χ1v) is 13.8. The van der Waals surface area contributed by atoms with Crippen LogP contribution in [0.4, 0.5) is 35.2 Å². The minimum absolute atomic E-state index is 0.106. The molecule has 0 aliphatic carbocycles. The van der Waals surface area contributed by atoms with E-state index < -0.39 is 26.3 Å². The second-order valence-electron chi connectivity index (χ2n) is 9.16. The number of nitrogens with zero attached hydrogens (tertiary/aromatic N) is 2. The molecule has 2 amide bonds. The number of anilines is 3. The number of halogens is 3. The zero-order chi connectivity index (χ0) is 28.5. The Morgan fingerprint density at radius 1 is 0.900 bits per heavy atom. The van der Waals surface area contributed by atoms with E-state index >= 15 is 0 Å². The van der Waals surface area contributed by atoms with Crippen LogP contribution in [-0.4, -0.2) is 51.2 Å². The number of urea groups is 1. The lowest BCUT2D eigenvalue weighted by Crippen LogP contribution is -2.36. The Morgan fingerprint density at radius 2 is 1.60 bits per heavy atom. The number of rotatable bonds is 5. The summed E-state index contributed by atoms with van der Waals surface area (Å²) in [6.45, 7) is 4.82. The van der Waals surface area contributed by atoms with Crippen LogP contribution >= 0.6 is 0 Å². The average Bonchev–Trinajstić information content (AvgIpc) is 2.93. The molecular weight excluding hydrogens is 545 g/mol. The lowest BCUT2D eigenvalue weighted by molar-refractivity contribution is -0.0436. The maximum Gasteiger partial charge on any atom is 0.501 e. The fourth-order valence-electron chi connectivity index (χ4n) is 4.60. The molecule has 12 heteroatoms. The summed E-state index contributed by atoms with van der Waals surface area (Å²) in [7, 11) is -5.55. The zero-order valence-corrected chi connectivity index (χ0v) is 22.1. The number of hydrogen-bond donors (Lipinski definition) is 2. The number of alkyl halides is 3. The predicted molar refractivity (Wildman–Crippen MR) is 147 cm³/mol. The van der Waals surface area contributed by atoms with E-state index in [0.29, 0.717) is 18.9 Å². The van der Waals surface area contributed by atoms with Gasteiger partial charge in [-0.1, -0.05) is 36.4 Å². The lowest BCUT2D eigenvalue weighted by atomic mass is 9.96. The number of pyridine rings is 1. The van der Waals surface area contributed by atoms with Gasteiger partial charge in [0, 0.05) is 35.4 Å². The van der Waals surface area contributed by atoms with Crippen molar-refractivity contribution in [1.29, 1.82) is 0 Å². The number of carbonyl (C=O) groups is 1. The molecule has 4 aromatic rings. The second kappa shape index (κ2) is 10.8. The monoisotopic (exact) mass is 570 g/mol. The fraction of sp³-hybridized carbons (Fsp3) is 0.214. The van der Waals surface area contributed by atoms with E-state index in [1.54, 1.807) is 6.07 Å². The fourth-order valence-corrected chi connectivity index (χ4v) is 5.41. The highest BCUT2D eigenvalue weighted by Gasteiger charge is 2.46. The molecule has 1 aliphatic heterocycles. The summed E-state index contributed by atoms with van der Waals surface area (Å²) in [6, 6.07) is 18.3. The van der Waals surface area contributed by atoms with Gasteiger partial charge < -0.3 is 20.3 Å². The zero-order valence-electron chi connectivity index (χ0n) is 21.3. The van der Waals surface area contributed by atoms with Crippen molar-refractivity contribution in [1.82, 2.24) is 4.98 Å². The first-order chi connectivity index (χ1) is 19.0. The van der Waals surface area contributed by atoms with Crippen molar-refractivity contribution in [2.75, 3.05) is 41.8 Å². The molecule has 40 heavy (non-hydrogen) atoms. The van der Waals surface area contributed by atoms with E-state index in [9.17, 15) is 26.4 Å². The summed E-state index contributed by atoms with van der Waals surface area (Å²) in [5.74, 6) is 0.885. The van der Waals surface area contributed by atoms with Crippen LogP contribution in [0.1, 0.15) is 5.69 Å². The molecule has 0 unspecified atom stereocenters. The van der Waals surface area contributed by atoms with E-state index in [-0.39, 0.29) is 5.69 Å². The molecule has 3 aromatic carbocycles. The highest BCUT2D eigenvalue weighted by Crippen LogP contribution is 2.36.